The van der Waals surface area contributed by atoms with Gasteiger partial charge < -0.3 is 15.4 Å². The number of benzene rings is 1. The molecule has 2 atom stereocenters. The van der Waals surface area contributed by atoms with Crippen molar-refractivity contribution < 1.29 is 9.53 Å². The quantitative estimate of drug-likeness (QED) is 0.817. The van der Waals surface area contributed by atoms with E-state index in [1.54, 1.807) is 13.2 Å². The highest BCUT2D eigenvalue weighted by Gasteiger charge is 2.37. The second-order valence-electron chi connectivity index (χ2n) is 4.77. The molecule has 2 heterocycles. The minimum atomic E-state index is 0.0112. The van der Waals surface area contributed by atoms with Gasteiger partial charge in [0, 0.05) is 18.2 Å². The Morgan fingerprint density at radius 2 is 2.22 bits per heavy atom. The van der Waals surface area contributed by atoms with Crippen LogP contribution in [-0.4, -0.2) is 26.1 Å². The smallest absolute Gasteiger partial charge is 0.229 e. The van der Waals surface area contributed by atoms with Crippen LogP contribution in [0.15, 0.2) is 12.1 Å². The molecule has 3 rings (SSSR count). The van der Waals surface area contributed by atoms with Crippen LogP contribution in [0.1, 0.15) is 17.9 Å². The summed E-state index contributed by atoms with van der Waals surface area (Å²) in [6.07, 6.45) is 0.968. The summed E-state index contributed by atoms with van der Waals surface area (Å²) >= 11 is 6.10. The number of fused-ring (bicyclic) bond motifs is 3. The number of carbonyl (C=O) groups excluding carboxylic acids is 1. The molecule has 1 fully saturated rings. The normalized spacial score (nSPS) is 26.0. The van der Waals surface area contributed by atoms with Gasteiger partial charge in [0.15, 0.2) is 0 Å². The summed E-state index contributed by atoms with van der Waals surface area (Å²) in [5.41, 5.74) is 1.97. The Labute approximate surface area is 111 Å². The average Bonchev–Trinajstić information content (AvgIpc) is 2.38. The lowest BCUT2D eigenvalue weighted by molar-refractivity contribution is -0.121. The van der Waals surface area contributed by atoms with Crippen LogP contribution in [0.2, 0.25) is 5.02 Å². The maximum absolute atomic E-state index is 12.0. The number of hydrogen-bond acceptors (Lipinski definition) is 3. The molecule has 96 valence electrons. The molecular formula is C13H15ClN2O2. The third kappa shape index (κ3) is 1.76. The zero-order valence-electron chi connectivity index (χ0n) is 10.1. The first-order valence-corrected chi connectivity index (χ1v) is 6.47. The Hall–Kier alpha value is -1.26. The van der Waals surface area contributed by atoms with Crippen molar-refractivity contribution in [2.24, 2.45) is 5.92 Å². The molecule has 1 saturated heterocycles. The summed E-state index contributed by atoms with van der Waals surface area (Å²) in [5.74, 6) is 1.03. The SMILES string of the molecule is COc1cc2c(cc1Cl)NC(=O)C1CNCCC21. The van der Waals surface area contributed by atoms with Crippen molar-refractivity contribution >= 4 is 23.2 Å². The lowest BCUT2D eigenvalue weighted by Crippen LogP contribution is -2.44. The van der Waals surface area contributed by atoms with E-state index in [0.29, 0.717) is 10.8 Å². The minimum absolute atomic E-state index is 0.0112. The van der Waals surface area contributed by atoms with Crippen molar-refractivity contribution in [1.29, 1.82) is 0 Å². The second-order valence-corrected chi connectivity index (χ2v) is 5.18. The molecule has 2 unspecified atom stereocenters. The van der Waals surface area contributed by atoms with E-state index in [1.807, 2.05) is 6.07 Å². The van der Waals surface area contributed by atoms with Gasteiger partial charge in [0.05, 0.1) is 18.1 Å². The summed E-state index contributed by atoms with van der Waals surface area (Å²) in [4.78, 5) is 12.0. The number of rotatable bonds is 1. The molecule has 1 aromatic rings. The molecule has 4 nitrogen and oxygen atoms in total. The largest absolute Gasteiger partial charge is 0.495 e. The minimum Gasteiger partial charge on any atom is -0.495 e. The molecule has 1 aromatic carbocycles. The summed E-state index contributed by atoms with van der Waals surface area (Å²) in [6.45, 7) is 1.68. The number of halogens is 1. The Morgan fingerprint density at radius 3 is 3.00 bits per heavy atom. The zero-order chi connectivity index (χ0) is 12.7. The lowest BCUT2D eigenvalue weighted by Gasteiger charge is -2.37. The number of nitrogens with one attached hydrogen (secondary N) is 2. The maximum Gasteiger partial charge on any atom is 0.229 e. The van der Waals surface area contributed by atoms with Crippen LogP contribution in [-0.2, 0) is 4.79 Å². The highest BCUT2D eigenvalue weighted by Crippen LogP contribution is 2.43. The lowest BCUT2D eigenvalue weighted by atomic mass is 9.77. The van der Waals surface area contributed by atoms with Crippen molar-refractivity contribution in [3.05, 3.63) is 22.7 Å². The monoisotopic (exact) mass is 266 g/mol. The number of piperidine rings is 1. The highest BCUT2D eigenvalue weighted by atomic mass is 35.5. The number of hydrogen-bond donors (Lipinski definition) is 2. The Morgan fingerprint density at radius 1 is 1.39 bits per heavy atom. The van der Waals surface area contributed by atoms with Crippen LogP contribution >= 0.6 is 11.6 Å². The van der Waals surface area contributed by atoms with Gasteiger partial charge in [0.2, 0.25) is 5.91 Å². The molecule has 0 aromatic heterocycles. The van der Waals surface area contributed by atoms with Crippen molar-refractivity contribution in [3.63, 3.8) is 0 Å². The van der Waals surface area contributed by atoms with E-state index >= 15 is 0 Å². The molecule has 0 bridgehead atoms. The van der Waals surface area contributed by atoms with Gasteiger partial charge in [-0.25, -0.2) is 0 Å². The van der Waals surface area contributed by atoms with E-state index < -0.39 is 0 Å². The van der Waals surface area contributed by atoms with Crippen molar-refractivity contribution in [1.82, 2.24) is 5.32 Å². The topological polar surface area (TPSA) is 50.4 Å². The molecule has 0 radical (unpaired) electrons. The highest BCUT2D eigenvalue weighted by molar-refractivity contribution is 6.32. The predicted octanol–water partition coefficient (Wildman–Crippen LogP) is 1.99. The molecule has 0 saturated carbocycles. The van der Waals surface area contributed by atoms with Crippen LogP contribution < -0.4 is 15.4 Å². The van der Waals surface area contributed by atoms with E-state index in [0.717, 1.165) is 30.8 Å². The third-order valence-corrected chi connectivity index (χ3v) is 4.10. The van der Waals surface area contributed by atoms with Gasteiger partial charge in [-0.15, -0.1) is 0 Å². The molecule has 0 spiro atoms. The zero-order valence-corrected chi connectivity index (χ0v) is 10.9. The second kappa shape index (κ2) is 4.44. The van der Waals surface area contributed by atoms with E-state index in [4.69, 9.17) is 16.3 Å². The summed E-state index contributed by atoms with van der Waals surface area (Å²) in [6, 6.07) is 3.74. The van der Waals surface area contributed by atoms with Crippen LogP contribution in [0.3, 0.4) is 0 Å². The van der Waals surface area contributed by atoms with Gasteiger partial charge in [0.1, 0.15) is 5.75 Å². The molecule has 0 aliphatic carbocycles. The average molecular weight is 267 g/mol. The molecule has 2 N–H and O–H groups in total. The molecular weight excluding hydrogens is 252 g/mol. The van der Waals surface area contributed by atoms with Gasteiger partial charge in [0.25, 0.3) is 0 Å². The fourth-order valence-corrected chi connectivity index (χ4v) is 3.11. The number of ether oxygens (including phenoxy) is 1. The fraction of sp³-hybridized carbons (Fsp3) is 0.462. The van der Waals surface area contributed by atoms with Crippen LogP contribution in [0.5, 0.6) is 5.75 Å². The van der Waals surface area contributed by atoms with Crippen molar-refractivity contribution in [2.45, 2.75) is 12.3 Å². The van der Waals surface area contributed by atoms with Gasteiger partial charge in [-0.1, -0.05) is 11.6 Å². The predicted molar refractivity (Wildman–Crippen MR) is 70.4 cm³/mol. The molecule has 2 aliphatic heterocycles. The van der Waals surface area contributed by atoms with Gasteiger partial charge in [-0.3, -0.25) is 4.79 Å². The van der Waals surface area contributed by atoms with Gasteiger partial charge >= 0.3 is 0 Å². The van der Waals surface area contributed by atoms with Crippen molar-refractivity contribution in [2.75, 3.05) is 25.5 Å². The number of methoxy groups -OCH3 is 1. The van der Waals surface area contributed by atoms with E-state index in [2.05, 4.69) is 10.6 Å². The first kappa shape index (κ1) is 11.8. The number of amides is 1. The first-order valence-electron chi connectivity index (χ1n) is 6.09. The van der Waals surface area contributed by atoms with Gasteiger partial charge in [-0.2, -0.15) is 0 Å². The first-order chi connectivity index (χ1) is 8.70. The van der Waals surface area contributed by atoms with E-state index in [1.165, 1.54) is 0 Å². The summed E-state index contributed by atoms with van der Waals surface area (Å²) in [5, 5.41) is 6.73. The fourth-order valence-electron chi connectivity index (χ4n) is 2.87. The van der Waals surface area contributed by atoms with Gasteiger partial charge in [-0.05, 0) is 30.7 Å². The number of anilines is 1. The standard InChI is InChI=1S/C13H15ClN2O2/c1-18-12-4-8-7-2-3-15-6-9(7)13(17)16-11(8)5-10(12)14/h4-5,7,9,15H,2-3,6H2,1H3,(H,16,17). The van der Waals surface area contributed by atoms with E-state index in [9.17, 15) is 4.79 Å². The van der Waals surface area contributed by atoms with Crippen LogP contribution in [0, 0.1) is 5.92 Å². The number of carbonyl (C=O) groups is 1. The third-order valence-electron chi connectivity index (χ3n) is 3.80. The Kier molecular flexibility index (Phi) is 2.92. The Balaban J connectivity index is 2.08. The molecule has 18 heavy (non-hydrogen) atoms. The van der Waals surface area contributed by atoms with Crippen LogP contribution in [0.4, 0.5) is 5.69 Å². The molecule has 1 amide bonds. The maximum atomic E-state index is 12.0. The van der Waals surface area contributed by atoms with E-state index in [-0.39, 0.29) is 17.7 Å². The van der Waals surface area contributed by atoms with Crippen molar-refractivity contribution in [3.8, 4) is 5.75 Å². The Bertz CT molecular complexity index is 504. The summed E-state index contributed by atoms with van der Waals surface area (Å²) in [7, 11) is 1.61. The molecule has 5 heteroatoms. The molecule has 2 aliphatic rings. The van der Waals surface area contributed by atoms with Crippen LogP contribution in [0.25, 0.3) is 0 Å². The summed E-state index contributed by atoms with van der Waals surface area (Å²) < 4.78 is 5.26.